The lowest BCUT2D eigenvalue weighted by Crippen LogP contribution is -2.38. The van der Waals surface area contributed by atoms with Crippen molar-refractivity contribution in [3.8, 4) is 0 Å². The summed E-state index contributed by atoms with van der Waals surface area (Å²) in [5, 5.41) is 0. The first kappa shape index (κ1) is 18.1. The lowest BCUT2D eigenvalue weighted by molar-refractivity contribution is -0.232. The first-order chi connectivity index (χ1) is 11.7. The highest BCUT2D eigenvalue weighted by Gasteiger charge is 2.31. The zero-order chi connectivity index (χ0) is 16.8. The summed E-state index contributed by atoms with van der Waals surface area (Å²) in [6, 6.07) is 0. The highest BCUT2D eigenvalue weighted by molar-refractivity contribution is 4.98. The van der Waals surface area contributed by atoms with E-state index in [1.807, 2.05) is 13.0 Å². The van der Waals surface area contributed by atoms with Crippen molar-refractivity contribution in [3.63, 3.8) is 0 Å². The predicted molar refractivity (Wildman–Crippen MR) is 88.9 cm³/mol. The summed E-state index contributed by atoms with van der Waals surface area (Å²) in [5.41, 5.74) is 0. The van der Waals surface area contributed by atoms with Gasteiger partial charge in [-0.05, 0) is 39.0 Å². The molecule has 136 valence electrons. The fourth-order valence-electron chi connectivity index (χ4n) is 3.55. The van der Waals surface area contributed by atoms with Gasteiger partial charge in [0.1, 0.15) is 0 Å². The van der Waals surface area contributed by atoms with E-state index in [-0.39, 0.29) is 18.4 Å². The van der Waals surface area contributed by atoms with Crippen molar-refractivity contribution in [2.45, 2.75) is 51.6 Å². The van der Waals surface area contributed by atoms with Crippen molar-refractivity contribution < 1.29 is 23.3 Å². The molecule has 5 heteroatoms. The van der Waals surface area contributed by atoms with Gasteiger partial charge in [0, 0.05) is 17.8 Å². The second-order valence-corrected chi connectivity index (χ2v) is 7.05. The maximum absolute atomic E-state index is 13.1. The number of hydrogen-bond acceptors (Lipinski definition) is 4. The zero-order valence-electron chi connectivity index (χ0n) is 14.5. The third-order valence-corrected chi connectivity index (χ3v) is 5.04. The van der Waals surface area contributed by atoms with Gasteiger partial charge < -0.3 is 18.9 Å². The Hall–Kier alpha value is -0.750. The van der Waals surface area contributed by atoms with Crippen molar-refractivity contribution in [2.24, 2.45) is 17.8 Å². The van der Waals surface area contributed by atoms with Gasteiger partial charge in [0.05, 0.1) is 32.3 Å². The predicted octanol–water partition coefficient (Wildman–Crippen LogP) is 3.97. The maximum atomic E-state index is 13.1. The van der Waals surface area contributed by atoms with Gasteiger partial charge in [-0.2, -0.15) is 0 Å². The van der Waals surface area contributed by atoms with E-state index in [9.17, 15) is 4.39 Å². The molecule has 0 radical (unpaired) electrons. The van der Waals surface area contributed by atoms with E-state index in [0.717, 1.165) is 38.9 Å². The average molecular weight is 340 g/mol. The zero-order valence-corrected chi connectivity index (χ0v) is 14.5. The van der Waals surface area contributed by atoms with Crippen molar-refractivity contribution in [3.05, 3.63) is 24.1 Å². The van der Waals surface area contributed by atoms with Gasteiger partial charge in [-0.1, -0.05) is 18.2 Å². The summed E-state index contributed by atoms with van der Waals surface area (Å²) in [7, 11) is 0. The smallest absolute Gasteiger partial charge is 0.160 e. The van der Waals surface area contributed by atoms with E-state index in [1.54, 1.807) is 6.08 Å². The largest absolute Gasteiger partial charge is 0.352 e. The SMILES string of the molecule is C/C=C\[C@H]1CO[C@H](CCC2COC(C3CC=C(F)CC3)OC2)OC1. The Bertz CT molecular complexity index is 435. The van der Waals surface area contributed by atoms with E-state index in [2.05, 4.69) is 6.08 Å². The highest BCUT2D eigenvalue weighted by atomic mass is 19.1. The van der Waals surface area contributed by atoms with Gasteiger partial charge >= 0.3 is 0 Å². The molecule has 2 heterocycles. The van der Waals surface area contributed by atoms with E-state index in [0.29, 0.717) is 37.4 Å². The molecule has 0 N–H and O–H groups in total. The molecule has 0 amide bonds. The molecule has 3 rings (SSSR count). The minimum absolute atomic E-state index is 0.00378. The van der Waals surface area contributed by atoms with Crippen LogP contribution in [0.15, 0.2) is 24.1 Å². The van der Waals surface area contributed by atoms with E-state index < -0.39 is 0 Å². The van der Waals surface area contributed by atoms with Crippen LogP contribution in [0.4, 0.5) is 4.39 Å². The highest BCUT2D eigenvalue weighted by Crippen LogP contribution is 2.31. The summed E-state index contributed by atoms with van der Waals surface area (Å²) in [6.45, 7) is 4.91. The molecule has 0 spiro atoms. The number of halogens is 1. The fraction of sp³-hybridized carbons (Fsp3) is 0.789. The van der Waals surface area contributed by atoms with Crippen LogP contribution in [0.3, 0.4) is 0 Å². The molecule has 0 aromatic rings. The Balaban J connectivity index is 1.32. The fourth-order valence-corrected chi connectivity index (χ4v) is 3.55. The number of ether oxygens (including phenoxy) is 4. The van der Waals surface area contributed by atoms with E-state index in [1.165, 1.54) is 0 Å². The molecule has 4 nitrogen and oxygen atoms in total. The van der Waals surface area contributed by atoms with Gasteiger partial charge in [-0.15, -0.1) is 0 Å². The monoisotopic (exact) mass is 340 g/mol. The van der Waals surface area contributed by atoms with Gasteiger partial charge in [0.2, 0.25) is 0 Å². The van der Waals surface area contributed by atoms with Gasteiger partial charge in [-0.25, -0.2) is 4.39 Å². The quantitative estimate of drug-likeness (QED) is 0.710. The van der Waals surface area contributed by atoms with Crippen LogP contribution >= 0.6 is 0 Å². The minimum Gasteiger partial charge on any atom is -0.352 e. The Morgan fingerprint density at radius 2 is 1.83 bits per heavy atom. The Kier molecular flexibility index (Phi) is 6.84. The Morgan fingerprint density at radius 1 is 1.08 bits per heavy atom. The molecule has 1 aliphatic carbocycles. The summed E-state index contributed by atoms with van der Waals surface area (Å²) >= 11 is 0. The van der Waals surface area contributed by atoms with Gasteiger partial charge in [-0.3, -0.25) is 0 Å². The molecule has 2 aliphatic heterocycles. The molecule has 24 heavy (non-hydrogen) atoms. The van der Waals surface area contributed by atoms with Crippen molar-refractivity contribution in [1.82, 2.24) is 0 Å². The van der Waals surface area contributed by atoms with Crippen LogP contribution in [-0.2, 0) is 18.9 Å². The first-order valence-electron chi connectivity index (χ1n) is 9.18. The van der Waals surface area contributed by atoms with Crippen LogP contribution < -0.4 is 0 Å². The standard InChI is InChI=1S/C19H29FO4/c1-2-3-14-10-21-18(22-11-14)9-4-15-12-23-19(24-13-15)16-5-7-17(20)8-6-16/h2-3,7,14-16,18-19H,4-6,8-13H2,1H3/b3-2-/t14-,15?,16?,18-,19?. The van der Waals surface area contributed by atoms with Crippen molar-refractivity contribution in [2.75, 3.05) is 26.4 Å². The number of hydrogen-bond donors (Lipinski definition) is 0. The minimum atomic E-state index is -0.172. The first-order valence-corrected chi connectivity index (χ1v) is 9.18. The molecular formula is C19H29FO4. The third-order valence-electron chi connectivity index (χ3n) is 5.04. The van der Waals surface area contributed by atoms with Gasteiger partial charge in [0.15, 0.2) is 12.6 Å². The molecule has 3 aliphatic rings. The average Bonchev–Trinajstić information content (AvgIpc) is 2.63. The number of rotatable bonds is 5. The summed E-state index contributed by atoms with van der Waals surface area (Å²) in [4.78, 5) is 0. The molecule has 2 saturated heterocycles. The molecule has 0 saturated carbocycles. The van der Waals surface area contributed by atoms with Crippen molar-refractivity contribution >= 4 is 0 Å². The third kappa shape index (κ3) is 5.12. The molecular weight excluding hydrogens is 311 g/mol. The topological polar surface area (TPSA) is 36.9 Å². The van der Waals surface area contributed by atoms with Crippen LogP contribution in [-0.4, -0.2) is 39.0 Å². The van der Waals surface area contributed by atoms with E-state index >= 15 is 0 Å². The molecule has 0 aromatic carbocycles. The molecule has 1 unspecified atom stereocenters. The van der Waals surface area contributed by atoms with Crippen LogP contribution in [0.25, 0.3) is 0 Å². The van der Waals surface area contributed by atoms with Gasteiger partial charge in [0.25, 0.3) is 0 Å². The summed E-state index contributed by atoms with van der Waals surface area (Å²) in [6.07, 6.45) is 9.48. The van der Waals surface area contributed by atoms with E-state index in [4.69, 9.17) is 18.9 Å². The maximum Gasteiger partial charge on any atom is 0.160 e. The summed E-state index contributed by atoms with van der Waals surface area (Å²) in [5.74, 6) is 1.06. The Labute approximate surface area is 144 Å². The molecule has 1 atom stereocenters. The molecule has 0 bridgehead atoms. The lowest BCUT2D eigenvalue weighted by Gasteiger charge is -2.35. The second-order valence-electron chi connectivity index (χ2n) is 7.05. The second kappa shape index (κ2) is 9.09. The molecule has 2 fully saturated rings. The molecule has 0 aromatic heterocycles. The van der Waals surface area contributed by atoms with Crippen LogP contribution in [0.5, 0.6) is 0 Å². The van der Waals surface area contributed by atoms with Crippen LogP contribution in [0.2, 0.25) is 0 Å². The Morgan fingerprint density at radius 3 is 2.46 bits per heavy atom. The normalized spacial score (nSPS) is 38.2. The number of allylic oxidation sites excluding steroid dienone is 3. The lowest BCUT2D eigenvalue weighted by atomic mass is 9.92. The van der Waals surface area contributed by atoms with Crippen LogP contribution in [0, 0.1) is 17.8 Å². The summed E-state index contributed by atoms with van der Waals surface area (Å²) < 4.78 is 36.4. The van der Waals surface area contributed by atoms with Crippen molar-refractivity contribution in [1.29, 1.82) is 0 Å². The van der Waals surface area contributed by atoms with Crippen LogP contribution in [0.1, 0.15) is 39.0 Å².